The molecule has 1 atom stereocenters. The molecule has 3 aromatic rings. The van der Waals surface area contributed by atoms with Crippen molar-refractivity contribution < 1.29 is 4.79 Å². The van der Waals surface area contributed by atoms with Crippen LogP contribution in [0.4, 0.5) is 0 Å². The summed E-state index contributed by atoms with van der Waals surface area (Å²) in [6, 6.07) is 20.3. The molecule has 4 rings (SSSR count). The summed E-state index contributed by atoms with van der Waals surface area (Å²) in [5.41, 5.74) is 3.87. The highest BCUT2D eigenvalue weighted by Crippen LogP contribution is 2.27. The molecule has 0 saturated heterocycles. The van der Waals surface area contributed by atoms with E-state index in [4.69, 9.17) is 0 Å². The van der Waals surface area contributed by atoms with Crippen molar-refractivity contribution in [2.45, 2.75) is 44.9 Å². The van der Waals surface area contributed by atoms with Gasteiger partial charge in [-0.25, -0.2) is 4.98 Å². The lowest BCUT2D eigenvalue weighted by atomic mass is 10.1. The quantitative estimate of drug-likeness (QED) is 0.512. The molecule has 5 nitrogen and oxygen atoms in total. The second-order valence-corrected chi connectivity index (χ2v) is 9.20. The Morgan fingerprint density at radius 1 is 1.09 bits per heavy atom. The van der Waals surface area contributed by atoms with Crippen LogP contribution in [0.1, 0.15) is 29.3 Å². The summed E-state index contributed by atoms with van der Waals surface area (Å²) in [4.78, 5) is 33.2. The minimum atomic E-state index is -0.237. The third-order valence-electron chi connectivity index (χ3n) is 5.99. The second kappa shape index (κ2) is 10.2. The predicted molar refractivity (Wildman–Crippen MR) is 129 cm³/mol. The van der Waals surface area contributed by atoms with E-state index in [1.54, 1.807) is 4.57 Å². The van der Waals surface area contributed by atoms with Crippen LogP contribution in [0, 0.1) is 12.8 Å². The summed E-state index contributed by atoms with van der Waals surface area (Å²) in [5, 5.41) is 0.729. The molecule has 166 valence electrons. The number of aryl methyl sites for hydroxylation is 1. The Bertz CT molecular complexity index is 1130. The predicted octanol–water partition coefficient (Wildman–Crippen LogP) is 4.11. The van der Waals surface area contributed by atoms with Gasteiger partial charge in [0, 0.05) is 36.6 Å². The average Bonchev–Trinajstić information content (AvgIpc) is 2.83. The molecular formula is C26H29N3O2S. The Morgan fingerprint density at radius 2 is 1.75 bits per heavy atom. The number of benzene rings is 2. The van der Waals surface area contributed by atoms with Crippen molar-refractivity contribution in [3.63, 3.8) is 0 Å². The van der Waals surface area contributed by atoms with Gasteiger partial charge in [-0.2, -0.15) is 0 Å². The first kappa shape index (κ1) is 22.3. The fourth-order valence-corrected chi connectivity index (χ4v) is 5.30. The number of carbonyl (C=O) groups excluding carboxylic acids is 1. The van der Waals surface area contributed by atoms with Gasteiger partial charge >= 0.3 is 0 Å². The minimum Gasteiger partial charge on any atom is -0.338 e. The van der Waals surface area contributed by atoms with Gasteiger partial charge in [0.2, 0.25) is 5.91 Å². The average molecular weight is 448 g/mol. The molecule has 6 heteroatoms. The lowest BCUT2D eigenvalue weighted by molar-refractivity contribution is -0.136. The maximum Gasteiger partial charge on any atom is 0.257 e. The van der Waals surface area contributed by atoms with E-state index in [1.165, 1.54) is 17.3 Å². The first-order valence-corrected chi connectivity index (χ1v) is 12.1. The van der Waals surface area contributed by atoms with Crippen molar-refractivity contribution in [2.75, 3.05) is 12.3 Å². The number of hydrogen-bond donors (Lipinski definition) is 0. The molecule has 1 unspecified atom stereocenters. The molecule has 0 radical (unpaired) electrons. The molecule has 2 aromatic carbocycles. The van der Waals surface area contributed by atoms with Gasteiger partial charge in [-0.1, -0.05) is 79.3 Å². The van der Waals surface area contributed by atoms with Gasteiger partial charge in [-0.3, -0.25) is 14.2 Å². The number of nitrogens with zero attached hydrogens (tertiary/aromatic N) is 3. The zero-order valence-electron chi connectivity index (χ0n) is 18.7. The van der Waals surface area contributed by atoms with E-state index in [2.05, 4.69) is 29.2 Å². The highest BCUT2D eigenvalue weighted by molar-refractivity contribution is 7.99. The van der Waals surface area contributed by atoms with E-state index in [1.807, 2.05) is 55.1 Å². The molecule has 0 bridgehead atoms. The molecule has 0 spiro atoms. The molecule has 0 aliphatic carbocycles. The maximum absolute atomic E-state index is 13.6. The first-order chi connectivity index (χ1) is 15.6. The third kappa shape index (κ3) is 4.96. The first-order valence-electron chi connectivity index (χ1n) is 11.2. The van der Waals surface area contributed by atoms with Crippen LogP contribution >= 0.6 is 11.8 Å². The van der Waals surface area contributed by atoms with Gasteiger partial charge in [-0.15, -0.1) is 0 Å². The Balaban J connectivity index is 1.56. The summed E-state index contributed by atoms with van der Waals surface area (Å²) < 4.78 is 1.71. The second-order valence-electron chi connectivity index (χ2n) is 8.22. The summed E-state index contributed by atoms with van der Waals surface area (Å²) in [6.07, 6.45) is 1.45. The molecule has 32 heavy (non-hydrogen) atoms. The number of aromatic nitrogens is 2. The monoisotopic (exact) mass is 447 g/mol. The van der Waals surface area contributed by atoms with Crippen LogP contribution in [0.25, 0.3) is 0 Å². The van der Waals surface area contributed by atoms with E-state index in [0.717, 1.165) is 28.4 Å². The van der Waals surface area contributed by atoms with Crippen LogP contribution in [-0.2, 0) is 30.7 Å². The molecule has 0 fully saturated rings. The van der Waals surface area contributed by atoms with Crippen LogP contribution in [0.15, 0.2) is 70.6 Å². The van der Waals surface area contributed by atoms with Gasteiger partial charge in [0.1, 0.15) is 0 Å². The molecular weight excluding hydrogens is 418 g/mol. The van der Waals surface area contributed by atoms with Crippen LogP contribution in [0.2, 0.25) is 0 Å². The number of amides is 1. The molecule has 2 heterocycles. The van der Waals surface area contributed by atoms with E-state index >= 15 is 0 Å². The van der Waals surface area contributed by atoms with Crippen molar-refractivity contribution >= 4 is 17.7 Å². The lowest BCUT2D eigenvalue weighted by Crippen LogP contribution is -2.43. The fraction of sp³-hybridized carbons (Fsp3) is 0.346. The number of rotatable bonds is 7. The van der Waals surface area contributed by atoms with Gasteiger partial charge in [0.05, 0.1) is 5.92 Å². The Labute approximate surface area is 193 Å². The molecule has 1 aromatic heterocycles. The van der Waals surface area contributed by atoms with Crippen molar-refractivity contribution in [3.05, 3.63) is 93.4 Å². The standard InChI is InChI=1S/C26H29N3O2S/c1-3-23-19(2)27-26-29(25(23)31)17-22(18-32-26)24(30)28(16-21-12-8-5-9-13-21)15-14-20-10-6-4-7-11-20/h4-13,22H,3,14-18H2,1-2H3. The van der Waals surface area contributed by atoms with Gasteiger partial charge in [-0.05, 0) is 30.9 Å². The molecule has 0 N–H and O–H groups in total. The maximum atomic E-state index is 13.6. The summed E-state index contributed by atoms with van der Waals surface area (Å²) >= 11 is 1.52. The Morgan fingerprint density at radius 3 is 2.41 bits per heavy atom. The van der Waals surface area contributed by atoms with Crippen LogP contribution in [-0.4, -0.2) is 32.7 Å². The highest BCUT2D eigenvalue weighted by atomic mass is 32.2. The topological polar surface area (TPSA) is 55.2 Å². The number of hydrogen-bond acceptors (Lipinski definition) is 4. The largest absolute Gasteiger partial charge is 0.338 e. The summed E-state index contributed by atoms with van der Waals surface area (Å²) in [7, 11) is 0. The van der Waals surface area contributed by atoms with E-state index in [9.17, 15) is 9.59 Å². The van der Waals surface area contributed by atoms with Crippen molar-refractivity contribution in [1.82, 2.24) is 14.5 Å². The molecule has 1 aliphatic heterocycles. The number of thioether (sulfide) groups is 1. The molecule has 1 amide bonds. The number of carbonyl (C=O) groups is 1. The Kier molecular flexibility index (Phi) is 7.10. The van der Waals surface area contributed by atoms with E-state index in [0.29, 0.717) is 31.8 Å². The third-order valence-corrected chi connectivity index (χ3v) is 7.13. The fourth-order valence-electron chi connectivity index (χ4n) is 4.19. The summed E-state index contributed by atoms with van der Waals surface area (Å²) in [6.45, 7) is 5.48. The zero-order valence-corrected chi connectivity index (χ0v) is 19.5. The van der Waals surface area contributed by atoms with Crippen molar-refractivity contribution in [2.24, 2.45) is 5.92 Å². The molecule has 1 aliphatic rings. The smallest absolute Gasteiger partial charge is 0.257 e. The SMILES string of the molecule is CCc1c(C)nc2n(c1=O)CC(C(=O)N(CCc1ccccc1)Cc1ccccc1)CS2. The van der Waals surface area contributed by atoms with Crippen LogP contribution < -0.4 is 5.56 Å². The van der Waals surface area contributed by atoms with E-state index in [-0.39, 0.29) is 17.4 Å². The van der Waals surface area contributed by atoms with Gasteiger partial charge < -0.3 is 4.90 Å². The normalized spacial score (nSPS) is 15.2. The number of fused-ring (bicyclic) bond motifs is 1. The van der Waals surface area contributed by atoms with E-state index < -0.39 is 0 Å². The summed E-state index contributed by atoms with van der Waals surface area (Å²) in [5.74, 6) is 0.514. The van der Waals surface area contributed by atoms with Crippen LogP contribution in [0.5, 0.6) is 0 Å². The van der Waals surface area contributed by atoms with Gasteiger partial charge in [0.15, 0.2) is 5.16 Å². The lowest BCUT2D eigenvalue weighted by Gasteiger charge is -2.31. The van der Waals surface area contributed by atoms with Crippen LogP contribution in [0.3, 0.4) is 0 Å². The van der Waals surface area contributed by atoms with Gasteiger partial charge in [0.25, 0.3) is 5.56 Å². The highest BCUT2D eigenvalue weighted by Gasteiger charge is 2.31. The Hall–Kier alpha value is -2.86. The van der Waals surface area contributed by atoms with Crippen molar-refractivity contribution in [1.29, 1.82) is 0 Å². The minimum absolute atomic E-state index is 0.00102. The van der Waals surface area contributed by atoms with Crippen molar-refractivity contribution in [3.8, 4) is 0 Å². The molecule has 0 saturated carbocycles. The zero-order chi connectivity index (χ0) is 22.5.